The fourth-order valence-corrected chi connectivity index (χ4v) is 3.02. The van der Waals surface area contributed by atoms with Gasteiger partial charge in [0.05, 0.1) is 28.7 Å². The lowest BCUT2D eigenvalue weighted by atomic mass is 9.82. The monoisotopic (exact) mass is 482 g/mol. The fraction of sp³-hybridized carbons (Fsp3) is 0.579. The Bertz CT molecular complexity index is 739. The first kappa shape index (κ1) is 23.5. The lowest BCUT2D eigenvalue weighted by molar-refractivity contribution is -0.274. The van der Waals surface area contributed by atoms with E-state index >= 15 is 0 Å². The summed E-state index contributed by atoms with van der Waals surface area (Å²) in [5, 5.41) is 0. The lowest BCUT2D eigenvalue weighted by Crippen LogP contribution is -2.40. The van der Waals surface area contributed by atoms with Crippen LogP contribution in [0.3, 0.4) is 0 Å². The summed E-state index contributed by atoms with van der Waals surface area (Å²) in [4.78, 5) is 23.0. The molecule has 10 heteroatoms. The van der Waals surface area contributed by atoms with Gasteiger partial charge in [-0.05, 0) is 61.7 Å². The summed E-state index contributed by atoms with van der Waals surface area (Å²) in [5.41, 5.74) is -0.608. The van der Waals surface area contributed by atoms with Crippen LogP contribution in [-0.2, 0) is 14.3 Å². The first-order valence-corrected chi connectivity index (χ1v) is 9.69. The van der Waals surface area contributed by atoms with Crippen molar-refractivity contribution in [2.24, 2.45) is 5.92 Å². The standard InChI is InChI=1S/C19H22BrF3O6/c1-18(2,3)29-17(25)11-6-13(7-11)26-4-5-27-15-9-14(20)16(8-12(15)10-24)28-19(21,22)23/h8-11,13H,4-7H2,1-3H3/t11-,13+. The molecule has 2 rings (SSSR count). The maximum absolute atomic E-state index is 12.4. The molecule has 6 nitrogen and oxygen atoms in total. The minimum atomic E-state index is -4.88. The van der Waals surface area contributed by atoms with Gasteiger partial charge in [-0.3, -0.25) is 9.59 Å². The van der Waals surface area contributed by atoms with E-state index < -0.39 is 17.7 Å². The fourth-order valence-electron chi connectivity index (χ4n) is 2.62. The van der Waals surface area contributed by atoms with Crippen molar-refractivity contribution in [2.75, 3.05) is 13.2 Å². The van der Waals surface area contributed by atoms with E-state index in [2.05, 4.69) is 20.7 Å². The van der Waals surface area contributed by atoms with Gasteiger partial charge in [0.15, 0.2) is 6.29 Å². The number of rotatable bonds is 8. The number of hydrogen-bond acceptors (Lipinski definition) is 6. The van der Waals surface area contributed by atoms with E-state index in [0.717, 1.165) is 6.07 Å². The van der Waals surface area contributed by atoms with E-state index in [1.165, 1.54) is 6.07 Å². The summed E-state index contributed by atoms with van der Waals surface area (Å²) in [5.74, 6) is -0.856. The molecule has 0 unspecified atom stereocenters. The van der Waals surface area contributed by atoms with E-state index in [1.807, 2.05) is 20.8 Å². The first-order chi connectivity index (χ1) is 13.4. The van der Waals surface area contributed by atoms with Gasteiger partial charge in [-0.1, -0.05) is 0 Å². The van der Waals surface area contributed by atoms with E-state index in [-0.39, 0.29) is 47.0 Å². The molecule has 29 heavy (non-hydrogen) atoms. The van der Waals surface area contributed by atoms with Crippen LogP contribution in [0.2, 0.25) is 0 Å². The van der Waals surface area contributed by atoms with Crippen LogP contribution in [0.5, 0.6) is 11.5 Å². The van der Waals surface area contributed by atoms with Crippen LogP contribution in [0.1, 0.15) is 44.0 Å². The Labute approximate surface area is 174 Å². The predicted molar refractivity (Wildman–Crippen MR) is 100 cm³/mol. The Morgan fingerprint density at radius 2 is 1.83 bits per heavy atom. The van der Waals surface area contributed by atoms with Gasteiger partial charge in [0, 0.05) is 0 Å². The highest BCUT2D eigenvalue weighted by atomic mass is 79.9. The third-order valence-electron chi connectivity index (χ3n) is 3.95. The van der Waals surface area contributed by atoms with E-state index in [4.69, 9.17) is 14.2 Å². The highest BCUT2D eigenvalue weighted by Crippen LogP contribution is 2.36. The Morgan fingerprint density at radius 1 is 1.17 bits per heavy atom. The van der Waals surface area contributed by atoms with Crippen molar-refractivity contribution in [3.05, 3.63) is 22.2 Å². The molecule has 0 spiro atoms. The van der Waals surface area contributed by atoms with E-state index in [1.54, 1.807) is 0 Å². The van der Waals surface area contributed by atoms with Gasteiger partial charge in [0.2, 0.25) is 0 Å². The third kappa shape index (κ3) is 7.50. The van der Waals surface area contributed by atoms with Gasteiger partial charge < -0.3 is 18.9 Å². The SMILES string of the molecule is CC(C)(C)OC(=O)[C@H]1C[C@@H](OCCOc2cc(Br)c(OC(F)(F)F)cc2C=O)C1. The second-order valence-electron chi connectivity index (χ2n) is 7.53. The van der Waals surface area contributed by atoms with Gasteiger partial charge in [-0.2, -0.15) is 0 Å². The summed E-state index contributed by atoms with van der Waals surface area (Å²) < 4.78 is 57.3. The molecule has 0 N–H and O–H groups in total. The van der Waals surface area contributed by atoms with Crippen molar-refractivity contribution < 1.29 is 41.7 Å². The summed E-state index contributed by atoms with van der Waals surface area (Å²) >= 11 is 2.96. The number of carbonyl (C=O) groups is 2. The van der Waals surface area contributed by atoms with Gasteiger partial charge in [-0.25, -0.2) is 0 Å². The third-order valence-corrected chi connectivity index (χ3v) is 4.57. The molecule has 162 valence electrons. The van der Waals surface area contributed by atoms with E-state index in [0.29, 0.717) is 19.1 Å². The van der Waals surface area contributed by atoms with Crippen molar-refractivity contribution in [1.82, 2.24) is 0 Å². The predicted octanol–water partition coefficient (Wildman–Crippen LogP) is 4.68. The largest absolute Gasteiger partial charge is 0.573 e. The van der Waals surface area contributed by atoms with Crippen LogP contribution in [-0.4, -0.2) is 43.5 Å². The quantitative estimate of drug-likeness (QED) is 0.304. The van der Waals surface area contributed by atoms with Gasteiger partial charge >= 0.3 is 12.3 Å². The molecule has 0 atom stereocenters. The molecular weight excluding hydrogens is 461 g/mol. The van der Waals surface area contributed by atoms with Crippen molar-refractivity contribution in [3.63, 3.8) is 0 Å². The molecule has 1 saturated carbocycles. The molecule has 1 aliphatic carbocycles. The normalized spacial score (nSPS) is 19.3. The zero-order chi connectivity index (χ0) is 21.8. The molecule has 0 bridgehead atoms. The molecule has 1 aromatic rings. The average molecular weight is 483 g/mol. The molecule has 0 aliphatic heterocycles. The molecule has 0 aromatic heterocycles. The summed E-state index contributed by atoms with van der Waals surface area (Å²) in [6, 6.07) is 2.17. The number of aldehydes is 1. The molecule has 1 fully saturated rings. The lowest BCUT2D eigenvalue weighted by Gasteiger charge is -2.35. The number of ether oxygens (including phenoxy) is 4. The smallest absolute Gasteiger partial charge is 0.490 e. The minimum Gasteiger partial charge on any atom is -0.490 e. The van der Waals surface area contributed by atoms with Crippen molar-refractivity contribution in [1.29, 1.82) is 0 Å². The average Bonchev–Trinajstić information content (AvgIpc) is 2.52. The number of carbonyl (C=O) groups excluding carboxylic acids is 2. The van der Waals surface area contributed by atoms with Crippen LogP contribution in [0.4, 0.5) is 13.2 Å². The Kier molecular flexibility index (Phi) is 7.56. The Balaban J connectivity index is 1.78. The first-order valence-electron chi connectivity index (χ1n) is 8.89. The number of hydrogen-bond donors (Lipinski definition) is 0. The van der Waals surface area contributed by atoms with Crippen molar-refractivity contribution in [2.45, 2.75) is 51.7 Å². The second-order valence-corrected chi connectivity index (χ2v) is 8.38. The van der Waals surface area contributed by atoms with Crippen LogP contribution < -0.4 is 9.47 Å². The second kappa shape index (κ2) is 9.34. The summed E-state index contributed by atoms with van der Waals surface area (Å²) in [7, 11) is 0. The van der Waals surface area contributed by atoms with Crippen LogP contribution in [0, 0.1) is 5.92 Å². The van der Waals surface area contributed by atoms with Crippen molar-refractivity contribution in [3.8, 4) is 11.5 Å². The van der Waals surface area contributed by atoms with Crippen LogP contribution >= 0.6 is 15.9 Å². The maximum Gasteiger partial charge on any atom is 0.573 e. The molecule has 0 saturated heterocycles. The summed E-state index contributed by atoms with van der Waals surface area (Å²) in [6.07, 6.45) is -3.47. The number of alkyl halides is 3. The van der Waals surface area contributed by atoms with Gasteiger partial charge in [0.1, 0.15) is 23.7 Å². The molecule has 0 amide bonds. The van der Waals surface area contributed by atoms with Crippen molar-refractivity contribution >= 4 is 28.2 Å². The van der Waals surface area contributed by atoms with Crippen LogP contribution in [0.15, 0.2) is 16.6 Å². The molecular formula is C19H22BrF3O6. The maximum atomic E-state index is 12.4. The molecule has 0 heterocycles. The number of halogens is 4. The zero-order valence-corrected chi connectivity index (χ0v) is 17.8. The number of esters is 1. The highest BCUT2D eigenvalue weighted by Gasteiger charge is 2.38. The summed E-state index contributed by atoms with van der Waals surface area (Å²) in [6.45, 7) is 5.70. The molecule has 1 aliphatic rings. The molecule has 0 radical (unpaired) electrons. The highest BCUT2D eigenvalue weighted by molar-refractivity contribution is 9.10. The zero-order valence-electron chi connectivity index (χ0n) is 16.2. The molecule has 1 aromatic carbocycles. The Morgan fingerprint density at radius 3 is 2.38 bits per heavy atom. The van der Waals surface area contributed by atoms with Gasteiger partial charge in [-0.15, -0.1) is 13.2 Å². The minimum absolute atomic E-state index is 0.00413. The number of benzene rings is 1. The Hall–Kier alpha value is -1.81. The topological polar surface area (TPSA) is 71.1 Å². The van der Waals surface area contributed by atoms with Crippen LogP contribution in [0.25, 0.3) is 0 Å². The van der Waals surface area contributed by atoms with E-state index in [9.17, 15) is 22.8 Å². The van der Waals surface area contributed by atoms with Gasteiger partial charge in [0.25, 0.3) is 0 Å².